The minimum absolute atomic E-state index is 0.352. The van der Waals surface area contributed by atoms with E-state index in [0.717, 1.165) is 38.0 Å². The fourth-order valence-electron chi connectivity index (χ4n) is 1.93. The van der Waals surface area contributed by atoms with Crippen molar-refractivity contribution in [2.75, 3.05) is 36.8 Å². The van der Waals surface area contributed by atoms with Gasteiger partial charge in [0.2, 0.25) is 11.9 Å². The minimum atomic E-state index is 0.352. The average molecular weight is 220 g/mol. The van der Waals surface area contributed by atoms with Gasteiger partial charge in [0.15, 0.2) is 0 Å². The standard InChI is InChI=1S/C10H16N6/c11-9-13-8(7-1-2-7)14-10(15-9)16-5-3-12-4-6-16/h7,12H,1-6H2,(H2,11,13,14,15). The first-order chi connectivity index (χ1) is 7.83. The SMILES string of the molecule is Nc1nc(C2CC2)nc(N2CCNCC2)n1. The van der Waals surface area contributed by atoms with Crippen LogP contribution >= 0.6 is 0 Å². The Morgan fingerprint density at radius 3 is 2.56 bits per heavy atom. The number of nitrogens with two attached hydrogens (primary N) is 1. The average Bonchev–Trinajstić information content (AvgIpc) is 3.13. The van der Waals surface area contributed by atoms with Gasteiger partial charge in [-0.15, -0.1) is 0 Å². The number of aromatic nitrogens is 3. The van der Waals surface area contributed by atoms with Crippen LogP contribution in [0.2, 0.25) is 0 Å². The van der Waals surface area contributed by atoms with Crippen molar-refractivity contribution in [2.45, 2.75) is 18.8 Å². The van der Waals surface area contributed by atoms with Gasteiger partial charge < -0.3 is 16.0 Å². The summed E-state index contributed by atoms with van der Waals surface area (Å²) in [6.45, 7) is 3.83. The summed E-state index contributed by atoms with van der Waals surface area (Å²) < 4.78 is 0. The Hall–Kier alpha value is -1.43. The summed E-state index contributed by atoms with van der Waals surface area (Å²) in [5.41, 5.74) is 5.73. The third kappa shape index (κ3) is 1.92. The van der Waals surface area contributed by atoms with Crippen molar-refractivity contribution < 1.29 is 0 Å². The van der Waals surface area contributed by atoms with Crippen molar-refractivity contribution in [3.8, 4) is 0 Å². The number of rotatable bonds is 2. The zero-order chi connectivity index (χ0) is 11.0. The minimum Gasteiger partial charge on any atom is -0.368 e. The molecule has 0 spiro atoms. The molecule has 1 aromatic rings. The lowest BCUT2D eigenvalue weighted by atomic mass is 10.4. The predicted octanol–water partition coefficient (Wildman–Crippen LogP) is -0.259. The quantitative estimate of drug-likeness (QED) is 0.715. The summed E-state index contributed by atoms with van der Waals surface area (Å²) >= 11 is 0. The molecule has 0 radical (unpaired) electrons. The first-order valence-electron chi connectivity index (χ1n) is 5.80. The molecular weight excluding hydrogens is 204 g/mol. The Kier molecular flexibility index (Phi) is 2.36. The molecule has 1 aliphatic heterocycles. The van der Waals surface area contributed by atoms with Gasteiger partial charge in [-0.3, -0.25) is 0 Å². The van der Waals surface area contributed by atoms with Gasteiger partial charge in [-0.05, 0) is 12.8 Å². The van der Waals surface area contributed by atoms with Gasteiger partial charge in [0.05, 0.1) is 0 Å². The van der Waals surface area contributed by atoms with E-state index in [1.807, 2.05) is 0 Å². The van der Waals surface area contributed by atoms with Gasteiger partial charge in [-0.1, -0.05) is 0 Å². The van der Waals surface area contributed by atoms with Crippen molar-refractivity contribution in [2.24, 2.45) is 0 Å². The lowest BCUT2D eigenvalue weighted by molar-refractivity contribution is 0.578. The van der Waals surface area contributed by atoms with E-state index in [1.54, 1.807) is 0 Å². The number of nitrogens with zero attached hydrogens (tertiary/aromatic N) is 4. The zero-order valence-electron chi connectivity index (χ0n) is 9.19. The van der Waals surface area contributed by atoms with Crippen LogP contribution in [0.4, 0.5) is 11.9 Å². The van der Waals surface area contributed by atoms with E-state index >= 15 is 0 Å². The molecule has 1 saturated carbocycles. The largest absolute Gasteiger partial charge is 0.368 e. The summed E-state index contributed by atoms with van der Waals surface area (Å²) in [6, 6.07) is 0. The number of nitrogen functional groups attached to an aromatic ring is 1. The molecule has 3 N–H and O–H groups in total. The Labute approximate surface area is 94.3 Å². The van der Waals surface area contributed by atoms with Crippen LogP contribution in [0.3, 0.4) is 0 Å². The van der Waals surface area contributed by atoms with E-state index < -0.39 is 0 Å². The monoisotopic (exact) mass is 220 g/mol. The van der Waals surface area contributed by atoms with Gasteiger partial charge in [0.1, 0.15) is 5.82 Å². The number of hydrogen-bond donors (Lipinski definition) is 2. The third-order valence-corrected chi connectivity index (χ3v) is 3.00. The maximum absolute atomic E-state index is 5.73. The molecule has 1 aromatic heterocycles. The van der Waals surface area contributed by atoms with E-state index in [2.05, 4.69) is 25.2 Å². The van der Waals surface area contributed by atoms with Crippen LogP contribution in [-0.2, 0) is 0 Å². The summed E-state index contributed by atoms with van der Waals surface area (Å²) in [6.07, 6.45) is 2.37. The second-order valence-electron chi connectivity index (χ2n) is 4.36. The highest BCUT2D eigenvalue weighted by atomic mass is 15.3. The second kappa shape index (κ2) is 3.86. The Morgan fingerprint density at radius 2 is 1.88 bits per heavy atom. The summed E-state index contributed by atoms with van der Waals surface area (Å²) in [5.74, 6) is 2.49. The van der Waals surface area contributed by atoms with Gasteiger partial charge in [0.25, 0.3) is 0 Å². The molecular formula is C10H16N6. The normalized spacial score (nSPS) is 21.1. The second-order valence-corrected chi connectivity index (χ2v) is 4.36. The molecule has 0 unspecified atom stereocenters. The van der Waals surface area contributed by atoms with Crippen molar-refractivity contribution in [3.05, 3.63) is 5.82 Å². The van der Waals surface area contributed by atoms with Crippen molar-refractivity contribution in [1.82, 2.24) is 20.3 Å². The van der Waals surface area contributed by atoms with E-state index in [9.17, 15) is 0 Å². The first-order valence-corrected chi connectivity index (χ1v) is 5.80. The molecule has 2 heterocycles. The van der Waals surface area contributed by atoms with Crippen LogP contribution in [0.25, 0.3) is 0 Å². The van der Waals surface area contributed by atoms with E-state index in [-0.39, 0.29) is 0 Å². The number of piperazine rings is 1. The van der Waals surface area contributed by atoms with Crippen LogP contribution in [0.15, 0.2) is 0 Å². The highest BCUT2D eigenvalue weighted by Gasteiger charge is 2.28. The Balaban J connectivity index is 1.86. The maximum Gasteiger partial charge on any atom is 0.230 e. The van der Waals surface area contributed by atoms with Crippen LogP contribution in [0, 0.1) is 0 Å². The molecule has 0 amide bonds. The third-order valence-electron chi connectivity index (χ3n) is 3.00. The maximum atomic E-state index is 5.73. The van der Waals surface area contributed by atoms with E-state index in [0.29, 0.717) is 11.9 Å². The zero-order valence-corrected chi connectivity index (χ0v) is 9.19. The lowest BCUT2D eigenvalue weighted by Gasteiger charge is -2.27. The molecule has 2 aliphatic rings. The first kappa shape index (κ1) is 9.77. The molecule has 3 rings (SSSR count). The Morgan fingerprint density at radius 1 is 1.12 bits per heavy atom. The molecule has 0 bridgehead atoms. The van der Waals surface area contributed by atoms with E-state index in [4.69, 9.17) is 5.73 Å². The van der Waals surface area contributed by atoms with Crippen molar-refractivity contribution in [1.29, 1.82) is 0 Å². The fourth-order valence-corrected chi connectivity index (χ4v) is 1.93. The topological polar surface area (TPSA) is 80.0 Å². The molecule has 86 valence electrons. The molecule has 16 heavy (non-hydrogen) atoms. The number of anilines is 2. The van der Waals surface area contributed by atoms with Crippen molar-refractivity contribution in [3.63, 3.8) is 0 Å². The molecule has 0 aromatic carbocycles. The van der Waals surface area contributed by atoms with Crippen LogP contribution in [0.1, 0.15) is 24.6 Å². The van der Waals surface area contributed by atoms with Gasteiger partial charge in [-0.2, -0.15) is 15.0 Å². The molecule has 6 heteroatoms. The Bertz CT molecular complexity index is 383. The summed E-state index contributed by atoms with van der Waals surface area (Å²) in [5, 5.41) is 3.30. The number of hydrogen-bond acceptors (Lipinski definition) is 6. The van der Waals surface area contributed by atoms with Crippen LogP contribution in [-0.4, -0.2) is 41.1 Å². The number of nitrogens with one attached hydrogen (secondary N) is 1. The lowest BCUT2D eigenvalue weighted by Crippen LogP contribution is -2.44. The summed E-state index contributed by atoms with van der Waals surface area (Å²) in [7, 11) is 0. The predicted molar refractivity (Wildman–Crippen MR) is 61.3 cm³/mol. The fraction of sp³-hybridized carbons (Fsp3) is 0.700. The van der Waals surface area contributed by atoms with E-state index in [1.165, 1.54) is 12.8 Å². The molecule has 0 atom stereocenters. The van der Waals surface area contributed by atoms with Gasteiger partial charge in [-0.25, -0.2) is 0 Å². The van der Waals surface area contributed by atoms with Gasteiger partial charge >= 0.3 is 0 Å². The van der Waals surface area contributed by atoms with Crippen LogP contribution < -0.4 is 16.0 Å². The summed E-state index contributed by atoms with van der Waals surface area (Å²) in [4.78, 5) is 15.1. The van der Waals surface area contributed by atoms with Crippen molar-refractivity contribution >= 4 is 11.9 Å². The highest BCUT2D eigenvalue weighted by molar-refractivity contribution is 5.36. The highest BCUT2D eigenvalue weighted by Crippen LogP contribution is 2.38. The molecule has 2 fully saturated rings. The molecule has 6 nitrogen and oxygen atoms in total. The van der Waals surface area contributed by atoms with Gasteiger partial charge in [0, 0.05) is 32.1 Å². The smallest absolute Gasteiger partial charge is 0.230 e. The molecule has 1 saturated heterocycles. The molecule has 1 aliphatic carbocycles. The van der Waals surface area contributed by atoms with Crippen LogP contribution in [0.5, 0.6) is 0 Å².